The molecule has 2 amide bonds. The highest BCUT2D eigenvalue weighted by atomic mass is 32.2. The number of ether oxygens (including phenoxy) is 1. The Morgan fingerprint density at radius 1 is 1.06 bits per heavy atom. The van der Waals surface area contributed by atoms with Crippen molar-refractivity contribution >= 4 is 29.3 Å². The first-order valence-corrected chi connectivity index (χ1v) is 11.9. The Kier molecular flexibility index (Phi) is 7.84. The Bertz CT molecular complexity index is 1260. The number of nitrogens with zero attached hydrogens (tertiary/aromatic N) is 3. The van der Waals surface area contributed by atoms with Crippen LogP contribution in [0.15, 0.2) is 82.6 Å². The largest absolute Gasteiger partial charge is 0.467 e. The van der Waals surface area contributed by atoms with Gasteiger partial charge in [-0.2, -0.15) is 0 Å². The number of nitrogens with one attached hydrogen (secondary N) is 1. The number of para-hydroxylation sites is 1. The molecule has 0 fully saturated rings. The normalized spacial score (nSPS) is 11.7. The zero-order valence-electron chi connectivity index (χ0n) is 19.1. The zero-order valence-corrected chi connectivity index (χ0v) is 19.9. The van der Waals surface area contributed by atoms with Crippen molar-refractivity contribution in [1.29, 1.82) is 0 Å². The minimum Gasteiger partial charge on any atom is -0.467 e. The second-order valence-electron chi connectivity index (χ2n) is 7.72. The van der Waals surface area contributed by atoms with Crippen molar-refractivity contribution in [3.8, 4) is 11.5 Å². The molecular weight excluding hydrogens is 466 g/mol. The molecule has 2 aromatic heterocycles. The van der Waals surface area contributed by atoms with Gasteiger partial charge in [-0.1, -0.05) is 30.0 Å². The maximum absolute atomic E-state index is 12.8. The van der Waals surface area contributed by atoms with E-state index in [1.165, 1.54) is 11.8 Å². The number of benzene rings is 2. The first-order chi connectivity index (χ1) is 17.0. The van der Waals surface area contributed by atoms with E-state index >= 15 is 0 Å². The number of nitrogens with two attached hydrogens (primary N) is 1. The molecule has 0 radical (unpaired) electrons. The summed E-state index contributed by atoms with van der Waals surface area (Å²) in [5.74, 6) is 2.12. The van der Waals surface area contributed by atoms with Crippen LogP contribution in [-0.4, -0.2) is 31.8 Å². The Balaban J connectivity index is 1.40. The second-order valence-corrected chi connectivity index (χ2v) is 9.03. The monoisotopic (exact) mass is 491 g/mol. The summed E-state index contributed by atoms with van der Waals surface area (Å²) in [5.41, 5.74) is 5.95. The lowest BCUT2D eigenvalue weighted by Gasteiger charge is -2.13. The minimum absolute atomic E-state index is 0.154. The Morgan fingerprint density at radius 2 is 1.80 bits per heavy atom. The minimum atomic E-state index is -0.459. The average Bonchev–Trinajstić information content (AvgIpc) is 3.50. The summed E-state index contributed by atoms with van der Waals surface area (Å²) >= 11 is 1.27. The van der Waals surface area contributed by atoms with Crippen molar-refractivity contribution in [2.45, 2.75) is 36.7 Å². The van der Waals surface area contributed by atoms with Gasteiger partial charge < -0.3 is 20.2 Å². The van der Waals surface area contributed by atoms with Crippen LogP contribution in [0.25, 0.3) is 0 Å². The van der Waals surface area contributed by atoms with E-state index in [1.807, 2.05) is 41.0 Å². The van der Waals surface area contributed by atoms with Crippen LogP contribution in [0.4, 0.5) is 5.69 Å². The summed E-state index contributed by atoms with van der Waals surface area (Å²) in [5, 5.41) is 11.5. The van der Waals surface area contributed by atoms with E-state index in [1.54, 1.807) is 43.5 Å². The van der Waals surface area contributed by atoms with Crippen LogP contribution < -0.4 is 15.8 Å². The van der Waals surface area contributed by atoms with Crippen LogP contribution in [0.1, 0.15) is 24.9 Å². The number of anilines is 1. The lowest BCUT2D eigenvalue weighted by Crippen LogP contribution is -2.23. The van der Waals surface area contributed by atoms with Crippen LogP contribution in [0.5, 0.6) is 11.5 Å². The number of aromatic nitrogens is 3. The second kappa shape index (κ2) is 11.4. The topological polar surface area (TPSA) is 125 Å². The van der Waals surface area contributed by atoms with Gasteiger partial charge in [0.05, 0.1) is 18.1 Å². The van der Waals surface area contributed by atoms with Crippen LogP contribution in [-0.2, 0) is 22.6 Å². The molecule has 180 valence electrons. The number of amides is 2. The number of primary amides is 1. The SMILES string of the molecule is C[C@@H](Sc1nnc(CCC(N)=O)n1Cc1ccco1)C(=O)Nc1ccc(Oc2ccccc2)cc1. The van der Waals surface area contributed by atoms with Gasteiger partial charge in [0, 0.05) is 18.5 Å². The molecule has 35 heavy (non-hydrogen) atoms. The maximum Gasteiger partial charge on any atom is 0.237 e. The van der Waals surface area contributed by atoms with Gasteiger partial charge in [0.25, 0.3) is 0 Å². The summed E-state index contributed by atoms with van der Waals surface area (Å²) in [6.07, 6.45) is 2.09. The van der Waals surface area contributed by atoms with Gasteiger partial charge in [-0.25, -0.2) is 0 Å². The fourth-order valence-corrected chi connectivity index (χ4v) is 4.10. The van der Waals surface area contributed by atoms with E-state index in [9.17, 15) is 9.59 Å². The van der Waals surface area contributed by atoms with E-state index in [-0.39, 0.29) is 12.3 Å². The Morgan fingerprint density at radius 3 is 2.49 bits per heavy atom. The molecule has 10 heteroatoms. The number of thioether (sulfide) groups is 1. The summed E-state index contributed by atoms with van der Waals surface area (Å²) in [4.78, 5) is 24.1. The molecule has 0 aliphatic carbocycles. The molecule has 0 aliphatic rings. The summed E-state index contributed by atoms with van der Waals surface area (Å²) < 4.78 is 13.1. The average molecular weight is 492 g/mol. The van der Waals surface area contributed by atoms with Gasteiger partial charge in [0.15, 0.2) is 5.16 Å². The van der Waals surface area contributed by atoms with Crippen molar-refractivity contribution in [1.82, 2.24) is 14.8 Å². The van der Waals surface area contributed by atoms with Crippen LogP contribution in [0.3, 0.4) is 0 Å². The molecule has 2 heterocycles. The maximum atomic E-state index is 12.8. The van der Waals surface area contributed by atoms with Gasteiger partial charge in [0.2, 0.25) is 11.8 Å². The third-order valence-corrected chi connectivity index (χ3v) is 6.12. The molecule has 9 nitrogen and oxygen atoms in total. The van der Waals surface area contributed by atoms with Crippen LogP contribution in [0.2, 0.25) is 0 Å². The Labute approximate surface area is 206 Å². The highest BCUT2D eigenvalue weighted by Crippen LogP contribution is 2.26. The van der Waals surface area contributed by atoms with E-state index in [2.05, 4.69) is 15.5 Å². The molecule has 1 atom stereocenters. The molecule has 0 saturated carbocycles. The zero-order chi connectivity index (χ0) is 24.6. The highest BCUT2D eigenvalue weighted by molar-refractivity contribution is 8.00. The van der Waals surface area contributed by atoms with Crippen molar-refractivity contribution in [3.05, 3.63) is 84.6 Å². The van der Waals surface area contributed by atoms with Crippen LogP contribution in [0, 0.1) is 0 Å². The summed E-state index contributed by atoms with van der Waals surface area (Å²) in [6.45, 7) is 2.18. The fourth-order valence-electron chi connectivity index (χ4n) is 3.23. The fraction of sp³-hybridized carbons (Fsp3) is 0.200. The Hall–Kier alpha value is -4.05. The van der Waals surface area contributed by atoms with Gasteiger partial charge >= 0.3 is 0 Å². The number of rotatable bonds is 11. The summed E-state index contributed by atoms with van der Waals surface area (Å²) in [7, 11) is 0. The quantitative estimate of drug-likeness (QED) is 0.300. The van der Waals surface area contributed by atoms with Gasteiger partial charge in [-0.3, -0.25) is 14.2 Å². The molecule has 4 rings (SSSR count). The molecule has 0 aliphatic heterocycles. The molecule has 2 aromatic carbocycles. The van der Waals surface area contributed by atoms with Crippen molar-refractivity contribution in [3.63, 3.8) is 0 Å². The standard InChI is InChI=1S/C25H25N5O4S/c1-17(24(32)27-18-9-11-20(12-10-18)34-19-6-3-2-4-7-19)35-25-29-28-23(14-13-22(26)31)30(25)16-21-8-5-15-33-21/h2-12,15,17H,13-14,16H2,1H3,(H2,26,31)(H,27,32)/t17-/m1/s1. The van der Waals surface area contributed by atoms with E-state index < -0.39 is 11.2 Å². The lowest BCUT2D eigenvalue weighted by molar-refractivity contribution is -0.118. The summed E-state index contributed by atoms with van der Waals surface area (Å²) in [6, 6.07) is 20.3. The molecular formula is C25H25N5O4S. The first-order valence-electron chi connectivity index (χ1n) is 11.0. The first kappa shape index (κ1) is 24.1. The third kappa shape index (κ3) is 6.73. The highest BCUT2D eigenvalue weighted by Gasteiger charge is 2.21. The number of carbonyl (C=O) groups excluding carboxylic acids is 2. The van der Waals surface area contributed by atoms with Gasteiger partial charge in [-0.05, 0) is 55.5 Å². The number of furan rings is 1. The van der Waals surface area contributed by atoms with Crippen molar-refractivity contribution in [2.75, 3.05) is 5.32 Å². The molecule has 0 unspecified atom stereocenters. The lowest BCUT2D eigenvalue weighted by atomic mass is 10.3. The molecule has 3 N–H and O–H groups in total. The number of aryl methyl sites for hydroxylation is 1. The molecule has 0 bridgehead atoms. The predicted octanol–water partition coefficient (Wildman–Crippen LogP) is 4.25. The number of hydrogen-bond acceptors (Lipinski definition) is 7. The number of hydrogen-bond donors (Lipinski definition) is 2. The van der Waals surface area contributed by atoms with E-state index in [0.29, 0.717) is 41.1 Å². The van der Waals surface area contributed by atoms with Gasteiger partial charge in [0.1, 0.15) is 23.1 Å². The predicted molar refractivity (Wildman–Crippen MR) is 132 cm³/mol. The number of carbonyl (C=O) groups is 2. The molecule has 4 aromatic rings. The van der Waals surface area contributed by atoms with Crippen molar-refractivity contribution < 1.29 is 18.7 Å². The molecule has 0 saturated heterocycles. The molecule has 0 spiro atoms. The smallest absolute Gasteiger partial charge is 0.237 e. The van der Waals surface area contributed by atoms with E-state index in [0.717, 1.165) is 5.75 Å². The van der Waals surface area contributed by atoms with Crippen LogP contribution >= 0.6 is 11.8 Å². The van der Waals surface area contributed by atoms with Gasteiger partial charge in [-0.15, -0.1) is 10.2 Å². The van der Waals surface area contributed by atoms with Crippen molar-refractivity contribution in [2.24, 2.45) is 5.73 Å². The third-order valence-electron chi connectivity index (χ3n) is 5.03. The van der Waals surface area contributed by atoms with E-state index in [4.69, 9.17) is 14.9 Å².